The summed E-state index contributed by atoms with van der Waals surface area (Å²) >= 11 is 0. The second kappa shape index (κ2) is 4.45. The van der Waals surface area contributed by atoms with Crippen LogP contribution < -0.4 is 5.32 Å². The van der Waals surface area contributed by atoms with Crippen LogP contribution in [0.15, 0.2) is 18.5 Å². The van der Waals surface area contributed by atoms with Crippen molar-refractivity contribution >= 4 is 5.91 Å². The number of rotatable bonds is 3. The number of amides is 1. The topological polar surface area (TPSA) is 62.7 Å². The van der Waals surface area contributed by atoms with Gasteiger partial charge in [0, 0.05) is 31.7 Å². The Hall–Kier alpha value is -2.04. The third-order valence-corrected chi connectivity index (χ3v) is 2.70. The van der Waals surface area contributed by atoms with E-state index in [1.54, 1.807) is 0 Å². The van der Waals surface area contributed by atoms with Crippen molar-refractivity contribution in [1.82, 2.24) is 20.1 Å². The number of carbonyl (C=O) groups excluding carboxylic acids is 1. The lowest BCUT2D eigenvalue weighted by Gasteiger charge is -2.03. The molecular weight excluding hydrogens is 216 g/mol. The van der Waals surface area contributed by atoms with Crippen molar-refractivity contribution in [2.75, 3.05) is 0 Å². The van der Waals surface area contributed by atoms with E-state index in [4.69, 9.17) is 0 Å². The Morgan fingerprint density at radius 1 is 1.53 bits per heavy atom. The minimum absolute atomic E-state index is 0.0856. The number of H-pyrrole nitrogens is 1. The number of carbonyl (C=O) groups is 1. The first-order valence-electron chi connectivity index (χ1n) is 5.48. The van der Waals surface area contributed by atoms with Gasteiger partial charge in [-0.25, -0.2) is 0 Å². The van der Waals surface area contributed by atoms with Crippen molar-refractivity contribution in [1.29, 1.82) is 0 Å². The van der Waals surface area contributed by atoms with Gasteiger partial charge in [-0.3, -0.25) is 9.89 Å². The van der Waals surface area contributed by atoms with Crippen molar-refractivity contribution in [2.45, 2.75) is 20.4 Å². The molecule has 0 aliphatic rings. The summed E-state index contributed by atoms with van der Waals surface area (Å²) in [5, 5.41) is 9.70. The van der Waals surface area contributed by atoms with E-state index in [2.05, 4.69) is 15.5 Å². The molecule has 17 heavy (non-hydrogen) atoms. The van der Waals surface area contributed by atoms with E-state index in [9.17, 15) is 4.79 Å². The molecule has 2 heterocycles. The summed E-state index contributed by atoms with van der Waals surface area (Å²) in [6.45, 7) is 4.20. The molecule has 0 unspecified atom stereocenters. The van der Waals surface area contributed by atoms with Gasteiger partial charge in [0.25, 0.3) is 5.91 Å². The molecule has 0 spiro atoms. The molecule has 90 valence electrons. The lowest BCUT2D eigenvalue weighted by Crippen LogP contribution is -2.23. The normalized spacial score (nSPS) is 10.5. The molecule has 5 heteroatoms. The number of aromatic amines is 1. The van der Waals surface area contributed by atoms with Crippen LogP contribution in [0.1, 0.15) is 27.3 Å². The van der Waals surface area contributed by atoms with Gasteiger partial charge in [-0.15, -0.1) is 0 Å². The quantitative estimate of drug-likeness (QED) is 0.837. The van der Waals surface area contributed by atoms with Crippen molar-refractivity contribution in [3.05, 3.63) is 41.0 Å². The molecule has 5 nitrogen and oxygen atoms in total. The fourth-order valence-corrected chi connectivity index (χ4v) is 1.82. The number of aromatic nitrogens is 3. The summed E-state index contributed by atoms with van der Waals surface area (Å²) in [4.78, 5) is 11.9. The van der Waals surface area contributed by atoms with Gasteiger partial charge < -0.3 is 9.88 Å². The first-order valence-corrected chi connectivity index (χ1v) is 5.48. The van der Waals surface area contributed by atoms with Crippen LogP contribution in [0.3, 0.4) is 0 Å². The largest absolute Gasteiger partial charge is 0.357 e. The van der Waals surface area contributed by atoms with E-state index in [1.807, 2.05) is 43.9 Å². The predicted molar refractivity (Wildman–Crippen MR) is 64.6 cm³/mol. The Morgan fingerprint density at radius 3 is 2.82 bits per heavy atom. The van der Waals surface area contributed by atoms with Crippen LogP contribution in [0, 0.1) is 13.8 Å². The monoisotopic (exact) mass is 232 g/mol. The standard InChI is InChI=1S/C12H16N4O/c1-8-11(9(2)15-14-8)12(17)13-6-10-4-5-16(3)7-10/h4-5,7H,6H2,1-3H3,(H,13,17)(H,14,15). The molecule has 0 atom stereocenters. The second-order valence-corrected chi connectivity index (χ2v) is 4.18. The van der Waals surface area contributed by atoms with Crippen molar-refractivity contribution < 1.29 is 4.79 Å². The molecular formula is C12H16N4O. The van der Waals surface area contributed by atoms with E-state index >= 15 is 0 Å². The number of nitrogens with one attached hydrogen (secondary N) is 2. The summed E-state index contributed by atoms with van der Waals surface area (Å²) in [5.74, 6) is -0.0856. The van der Waals surface area contributed by atoms with Crippen LogP contribution in [0.25, 0.3) is 0 Å². The fourth-order valence-electron chi connectivity index (χ4n) is 1.82. The maximum atomic E-state index is 11.9. The highest BCUT2D eigenvalue weighted by atomic mass is 16.1. The van der Waals surface area contributed by atoms with Gasteiger partial charge in [-0.05, 0) is 25.5 Å². The average molecular weight is 232 g/mol. The molecule has 0 radical (unpaired) electrons. The number of nitrogens with zero attached hydrogens (tertiary/aromatic N) is 2. The van der Waals surface area contributed by atoms with Crippen LogP contribution in [-0.2, 0) is 13.6 Å². The number of hydrogen-bond donors (Lipinski definition) is 2. The van der Waals surface area contributed by atoms with Crippen molar-refractivity contribution in [2.24, 2.45) is 7.05 Å². The Kier molecular flexibility index (Phi) is 2.99. The highest BCUT2D eigenvalue weighted by Crippen LogP contribution is 2.09. The summed E-state index contributed by atoms with van der Waals surface area (Å²) in [6, 6.07) is 1.98. The Labute approximate surface area is 99.8 Å². The predicted octanol–water partition coefficient (Wildman–Crippen LogP) is 1.30. The molecule has 0 saturated heterocycles. The molecule has 0 saturated carbocycles. The van der Waals surface area contributed by atoms with Gasteiger partial charge in [0.15, 0.2) is 0 Å². The molecule has 2 aromatic rings. The average Bonchev–Trinajstić information content (AvgIpc) is 2.83. The number of hydrogen-bond acceptors (Lipinski definition) is 2. The van der Waals surface area contributed by atoms with Gasteiger partial charge >= 0.3 is 0 Å². The van der Waals surface area contributed by atoms with Gasteiger partial charge in [0.1, 0.15) is 0 Å². The minimum Gasteiger partial charge on any atom is -0.357 e. The molecule has 2 rings (SSSR count). The molecule has 0 aliphatic carbocycles. The van der Waals surface area contributed by atoms with Crippen molar-refractivity contribution in [3.63, 3.8) is 0 Å². The third-order valence-electron chi connectivity index (χ3n) is 2.70. The Morgan fingerprint density at radius 2 is 2.29 bits per heavy atom. The maximum Gasteiger partial charge on any atom is 0.255 e. The van der Waals surface area contributed by atoms with E-state index < -0.39 is 0 Å². The molecule has 0 aliphatic heterocycles. The van der Waals surface area contributed by atoms with Gasteiger partial charge in [-0.1, -0.05) is 0 Å². The first-order chi connectivity index (χ1) is 8.08. The van der Waals surface area contributed by atoms with Crippen LogP contribution in [0.4, 0.5) is 0 Å². The Balaban J connectivity index is 2.03. The third kappa shape index (κ3) is 2.38. The van der Waals surface area contributed by atoms with Crippen LogP contribution in [-0.4, -0.2) is 20.7 Å². The summed E-state index contributed by atoms with van der Waals surface area (Å²) < 4.78 is 1.95. The minimum atomic E-state index is -0.0856. The lowest BCUT2D eigenvalue weighted by molar-refractivity contribution is 0.0950. The Bertz CT molecular complexity index is 519. The molecule has 2 aromatic heterocycles. The molecule has 1 amide bonds. The molecule has 2 N–H and O–H groups in total. The number of aryl methyl sites for hydroxylation is 3. The summed E-state index contributed by atoms with van der Waals surface area (Å²) in [5.41, 5.74) is 3.25. The first kappa shape index (κ1) is 11.4. The fraction of sp³-hybridized carbons (Fsp3) is 0.333. The zero-order valence-electron chi connectivity index (χ0n) is 10.2. The van der Waals surface area contributed by atoms with Gasteiger partial charge in [0.2, 0.25) is 0 Å². The van der Waals surface area contributed by atoms with E-state index in [-0.39, 0.29) is 5.91 Å². The van der Waals surface area contributed by atoms with Gasteiger partial charge in [-0.2, -0.15) is 5.10 Å². The van der Waals surface area contributed by atoms with Crippen molar-refractivity contribution in [3.8, 4) is 0 Å². The lowest BCUT2D eigenvalue weighted by atomic mass is 10.2. The van der Waals surface area contributed by atoms with E-state index in [0.717, 1.165) is 17.0 Å². The smallest absolute Gasteiger partial charge is 0.255 e. The van der Waals surface area contributed by atoms with E-state index in [0.29, 0.717) is 12.1 Å². The highest BCUT2D eigenvalue weighted by Gasteiger charge is 2.14. The highest BCUT2D eigenvalue weighted by molar-refractivity contribution is 5.96. The molecule has 0 bridgehead atoms. The summed E-state index contributed by atoms with van der Waals surface area (Å²) in [7, 11) is 1.95. The summed E-state index contributed by atoms with van der Waals surface area (Å²) in [6.07, 6.45) is 3.94. The SMILES string of the molecule is Cc1n[nH]c(C)c1C(=O)NCc1ccn(C)c1. The van der Waals surface area contributed by atoms with Gasteiger partial charge in [0.05, 0.1) is 11.3 Å². The molecule has 0 fully saturated rings. The molecule has 0 aromatic carbocycles. The zero-order valence-corrected chi connectivity index (χ0v) is 10.2. The van der Waals surface area contributed by atoms with Crippen LogP contribution in [0.2, 0.25) is 0 Å². The van der Waals surface area contributed by atoms with E-state index in [1.165, 1.54) is 0 Å². The van der Waals surface area contributed by atoms with Crippen LogP contribution >= 0.6 is 0 Å². The maximum absolute atomic E-state index is 11.9. The zero-order chi connectivity index (χ0) is 12.4. The second-order valence-electron chi connectivity index (χ2n) is 4.18. The van der Waals surface area contributed by atoms with Crippen LogP contribution in [0.5, 0.6) is 0 Å².